The van der Waals surface area contributed by atoms with E-state index >= 15 is 0 Å². The van der Waals surface area contributed by atoms with Gasteiger partial charge in [-0.25, -0.2) is 9.18 Å². The zero-order valence-electron chi connectivity index (χ0n) is 11.5. The van der Waals surface area contributed by atoms with E-state index in [0.29, 0.717) is 18.1 Å². The zero-order chi connectivity index (χ0) is 16.1. The van der Waals surface area contributed by atoms with Gasteiger partial charge in [-0.1, -0.05) is 30.3 Å². The monoisotopic (exact) mass is 300 g/mol. The number of aliphatic carboxylic acids is 1. The average molecular weight is 300 g/mol. The van der Waals surface area contributed by atoms with Crippen LogP contribution in [0.3, 0.4) is 0 Å². The molecule has 0 fully saturated rings. The second-order valence-corrected chi connectivity index (χ2v) is 4.70. The average Bonchev–Trinajstić information content (AvgIpc) is 2.49. The number of carboxylic acid groups (broad SMARTS) is 1. The highest BCUT2D eigenvalue weighted by atomic mass is 19.1. The molecular formula is C17H13FO4. The minimum atomic E-state index is -1.63. The standard InChI is InChI=1S/C17H13FO4/c18-14-6-4-11(5-7-14)8-12-2-1-3-13(9-12)15(19)10-16(20)17(21)22/h1-7,9-10,19H,8H2,(H,21,22). The highest BCUT2D eigenvalue weighted by Crippen LogP contribution is 2.16. The highest BCUT2D eigenvalue weighted by Gasteiger charge is 2.10. The Kier molecular flexibility index (Phi) is 4.68. The van der Waals surface area contributed by atoms with Crippen molar-refractivity contribution in [3.63, 3.8) is 0 Å². The third-order valence-electron chi connectivity index (χ3n) is 3.02. The van der Waals surface area contributed by atoms with Crippen molar-refractivity contribution in [2.24, 2.45) is 0 Å². The summed E-state index contributed by atoms with van der Waals surface area (Å²) in [5.41, 5.74) is 2.07. The Morgan fingerprint density at radius 3 is 2.32 bits per heavy atom. The van der Waals surface area contributed by atoms with Crippen molar-refractivity contribution in [2.75, 3.05) is 0 Å². The van der Waals surface area contributed by atoms with Gasteiger partial charge in [-0.2, -0.15) is 0 Å². The van der Waals surface area contributed by atoms with Crippen LogP contribution < -0.4 is 0 Å². The van der Waals surface area contributed by atoms with Crippen LogP contribution >= 0.6 is 0 Å². The van der Waals surface area contributed by atoms with Gasteiger partial charge in [0, 0.05) is 11.6 Å². The van der Waals surface area contributed by atoms with E-state index in [9.17, 15) is 19.1 Å². The van der Waals surface area contributed by atoms with Crippen molar-refractivity contribution >= 4 is 17.5 Å². The van der Waals surface area contributed by atoms with E-state index < -0.39 is 17.5 Å². The molecule has 2 aromatic rings. The topological polar surface area (TPSA) is 74.6 Å². The first-order valence-electron chi connectivity index (χ1n) is 6.47. The highest BCUT2D eigenvalue weighted by molar-refractivity contribution is 6.38. The van der Waals surface area contributed by atoms with Crippen molar-refractivity contribution in [3.8, 4) is 0 Å². The Bertz CT molecular complexity index is 733. The van der Waals surface area contributed by atoms with Crippen LogP contribution in [0.25, 0.3) is 5.76 Å². The molecule has 0 radical (unpaired) electrons. The number of halogens is 1. The van der Waals surface area contributed by atoms with E-state index in [1.54, 1.807) is 30.3 Å². The van der Waals surface area contributed by atoms with Crippen molar-refractivity contribution in [2.45, 2.75) is 6.42 Å². The van der Waals surface area contributed by atoms with E-state index in [2.05, 4.69) is 0 Å². The van der Waals surface area contributed by atoms with E-state index in [0.717, 1.165) is 11.1 Å². The number of rotatable bonds is 5. The van der Waals surface area contributed by atoms with E-state index in [-0.39, 0.29) is 5.82 Å². The largest absolute Gasteiger partial charge is 0.507 e. The lowest BCUT2D eigenvalue weighted by molar-refractivity contribution is -0.146. The van der Waals surface area contributed by atoms with Gasteiger partial charge in [0.2, 0.25) is 0 Å². The molecule has 0 aromatic heterocycles. The number of benzene rings is 2. The number of aliphatic hydroxyl groups is 1. The lowest BCUT2D eigenvalue weighted by Gasteiger charge is -2.05. The second kappa shape index (κ2) is 6.67. The third kappa shape index (κ3) is 4.02. The summed E-state index contributed by atoms with van der Waals surface area (Å²) in [6, 6.07) is 12.8. The molecule has 0 aliphatic rings. The van der Waals surface area contributed by atoms with Gasteiger partial charge in [0.25, 0.3) is 5.78 Å². The van der Waals surface area contributed by atoms with Crippen molar-refractivity contribution in [1.82, 2.24) is 0 Å². The van der Waals surface area contributed by atoms with Gasteiger partial charge in [0.1, 0.15) is 11.6 Å². The molecule has 4 nitrogen and oxygen atoms in total. The Balaban J connectivity index is 2.21. The summed E-state index contributed by atoms with van der Waals surface area (Å²) in [6.07, 6.45) is 1.19. The first kappa shape index (κ1) is 15.4. The summed E-state index contributed by atoms with van der Waals surface area (Å²) >= 11 is 0. The van der Waals surface area contributed by atoms with Crippen LogP contribution in [0.1, 0.15) is 16.7 Å². The van der Waals surface area contributed by atoms with Gasteiger partial charge in [0.15, 0.2) is 0 Å². The quantitative estimate of drug-likeness (QED) is 0.506. The van der Waals surface area contributed by atoms with Crippen LogP contribution in [0.15, 0.2) is 54.6 Å². The molecule has 2 aromatic carbocycles. The molecule has 112 valence electrons. The Morgan fingerprint density at radius 2 is 1.68 bits per heavy atom. The molecule has 0 saturated heterocycles. The fourth-order valence-corrected chi connectivity index (χ4v) is 1.95. The predicted octanol–water partition coefficient (Wildman–Crippen LogP) is 2.97. The molecule has 22 heavy (non-hydrogen) atoms. The smallest absolute Gasteiger partial charge is 0.376 e. The van der Waals surface area contributed by atoms with Crippen molar-refractivity contribution in [3.05, 3.63) is 77.1 Å². The van der Waals surface area contributed by atoms with Crippen LogP contribution in [0, 0.1) is 5.82 Å². The lowest BCUT2D eigenvalue weighted by Crippen LogP contribution is -2.09. The molecule has 0 unspecified atom stereocenters. The van der Waals surface area contributed by atoms with Gasteiger partial charge >= 0.3 is 5.97 Å². The number of carbonyl (C=O) groups excluding carboxylic acids is 1. The number of carboxylic acids is 1. The molecule has 0 atom stereocenters. The van der Waals surface area contributed by atoms with Gasteiger partial charge in [-0.3, -0.25) is 4.79 Å². The van der Waals surface area contributed by atoms with E-state index in [4.69, 9.17) is 5.11 Å². The first-order chi connectivity index (χ1) is 10.5. The lowest BCUT2D eigenvalue weighted by atomic mass is 10.0. The molecule has 0 spiro atoms. The number of aliphatic hydroxyl groups excluding tert-OH is 1. The van der Waals surface area contributed by atoms with Crippen molar-refractivity contribution in [1.29, 1.82) is 0 Å². The summed E-state index contributed by atoms with van der Waals surface area (Å²) in [7, 11) is 0. The molecule has 5 heteroatoms. The summed E-state index contributed by atoms with van der Waals surface area (Å²) in [5.74, 6) is -3.55. The van der Waals surface area contributed by atoms with Gasteiger partial charge in [-0.05, 0) is 35.7 Å². The normalized spacial score (nSPS) is 11.2. The Morgan fingerprint density at radius 1 is 1.00 bits per heavy atom. The summed E-state index contributed by atoms with van der Waals surface area (Å²) in [5, 5.41) is 18.3. The second-order valence-electron chi connectivity index (χ2n) is 4.70. The van der Waals surface area contributed by atoms with Crippen LogP contribution in [0.5, 0.6) is 0 Å². The number of carbonyl (C=O) groups is 2. The van der Waals surface area contributed by atoms with Gasteiger partial charge in [-0.15, -0.1) is 0 Å². The molecule has 0 amide bonds. The van der Waals surface area contributed by atoms with Crippen LogP contribution in [0.2, 0.25) is 0 Å². The molecule has 0 aliphatic carbocycles. The maximum Gasteiger partial charge on any atom is 0.376 e. The minimum absolute atomic E-state index is 0.315. The molecule has 0 aliphatic heterocycles. The predicted molar refractivity (Wildman–Crippen MR) is 78.9 cm³/mol. The van der Waals surface area contributed by atoms with Crippen molar-refractivity contribution < 1.29 is 24.2 Å². The number of hydrogen-bond acceptors (Lipinski definition) is 3. The van der Waals surface area contributed by atoms with E-state index in [1.807, 2.05) is 6.07 Å². The number of ketones is 1. The molecule has 0 heterocycles. The Labute approximate surface area is 126 Å². The molecular weight excluding hydrogens is 287 g/mol. The Hall–Kier alpha value is -2.95. The first-order valence-corrected chi connectivity index (χ1v) is 6.47. The third-order valence-corrected chi connectivity index (χ3v) is 3.02. The molecule has 0 saturated carbocycles. The molecule has 2 N–H and O–H groups in total. The maximum absolute atomic E-state index is 12.9. The number of hydrogen-bond donors (Lipinski definition) is 2. The van der Waals surface area contributed by atoms with Gasteiger partial charge in [0.05, 0.1) is 0 Å². The van der Waals surface area contributed by atoms with Crippen LogP contribution in [-0.4, -0.2) is 22.0 Å². The fraction of sp³-hybridized carbons (Fsp3) is 0.0588. The maximum atomic E-state index is 12.9. The minimum Gasteiger partial charge on any atom is -0.507 e. The van der Waals surface area contributed by atoms with Crippen LogP contribution in [0.4, 0.5) is 4.39 Å². The van der Waals surface area contributed by atoms with Gasteiger partial charge < -0.3 is 10.2 Å². The zero-order valence-corrected chi connectivity index (χ0v) is 11.5. The SMILES string of the molecule is O=C(O)C(=O)C=C(O)c1cccc(Cc2ccc(F)cc2)c1. The van der Waals surface area contributed by atoms with Crippen LogP contribution in [-0.2, 0) is 16.0 Å². The summed E-state index contributed by atoms with van der Waals surface area (Å²) < 4.78 is 12.9. The molecule has 0 bridgehead atoms. The molecule has 2 rings (SSSR count). The fourth-order valence-electron chi connectivity index (χ4n) is 1.95. The summed E-state index contributed by atoms with van der Waals surface area (Å²) in [4.78, 5) is 21.5. The van der Waals surface area contributed by atoms with E-state index in [1.165, 1.54) is 12.1 Å². The summed E-state index contributed by atoms with van der Waals surface area (Å²) in [6.45, 7) is 0.